The molecule has 0 saturated heterocycles. The minimum Gasteiger partial charge on any atom is -0.441 e. The number of thiophene rings is 1. The van der Waals surface area contributed by atoms with E-state index in [0.717, 1.165) is 11.1 Å². The molecule has 0 aliphatic rings. The number of nitrogens with one attached hydrogen (secondary N) is 1. The largest absolute Gasteiger partial charge is 0.441 e. The van der Waals surface area contributed by atoms with Gasteiger partial charge in [0.25, 0.3) is 0 Å². The number of rotatable bonds is 5. The molecule has 0 bridgehead atoms. The second kappa shape index (κ2) is 6.76. The quantitative estimate of drug-likeness (QED) is 0.753. The Balaban J connectivity index is 1.70. The van der Waals surface area contributed by atoms with Crippen molar-refractivity contribution in [1.82, 2.24) is 4.98 Å². The van der Waals surface area contributed by atoms with Crippen LogP contribution in [-0.4, -0.2) is 16.0 Å². The molecule has 0 aliphatic carbocycles. The monoisotopic (exact) mass is 328 g/mol. The first kappa shape index (κ1) is 15.5. The Labute approximate surface area is 137 Å². The number of amides is 1. The highest BCUT2D eigenvalue weighted by Gasteiger charge is 2.15. The maximum Gasteiger partial charge on any atom is 0.230 e. The molecular weight excluding hydrogens is 312 g/mol. The van der Waals surface area contributed by atoms with Crippen molar-refractivity contribution in [2.75, 3.05) is 5.32 Å². The molecule has 5 nitrogen and oxygen atoms in total. The summed E-state index contributed by atoms with van der Waals surface area (Å²) in [6.07, 6.45) is 0.142. The highest BCUT2D eigenvalue weighted by Crippen LogP contribution is 2.24. The van der Waals surface area contributed by atoms with Crippen LogP contribution in [-0.2, 0) is 17.8 Å². The molecule has 2 heterocycles. The van der Waals surface area contributed by atoms with Gasteiger partial charge in [-0.15, -0.1) is 0 Å². The number of anilines is 1. The van der Waals surface area contributed by atoms with Crippen molar-refractivity contribution >= 4 is 22.9 Å². The van der Waals surface area contributed by atoms with Gasteiger partial charge in [-0.1, -0.05) is 12.1 Å². The Morgan fingerprint density at radius 3 is 3.00 bits per heavy atom. The lowest BCUT2D eigenvalue weighted by Crippen LogP contribution is -2.15. The molecule has 2 N–H and O–H groups in total. The summed E-state index contributed by atoms with van der Waals surface area (Å²) in [6.45, 7) is 1.74. The van der Waals surface area contributed by atoms with E-state index in [1.54, 1.807) is 42.5 Å². The third-order valence-corrected chi connectivity index (χ3v) is 4.07. The van der Waals surface area contributed by atoms with Gasteiger partial charge in [-0.25, -0.2) is 4.98 Å². The van der Waals surface area contributed by atoms with Crippen LogP contribution in [0, 0.1) is 6.92 Å². The Morgan fingerprint density at radius 1 is 1.39 bits per heavy atom. The molecule has 0 spiro atoms. The topological polar surface area (TPSA) is 75.4 Å². The number of nitrogens with zero attached hydrogens (tertiary/aromatic N) is 1. The van der Waals surface area contributed by atoms with Crippen molar-refractivity contribution in [1.29, 1.82) is 0 Å². The average molecular weight is 328 g/mol. The number of aliphatic hydroxyl groups excluding tert-OH is 1. The number of aryl methyl sites for hydroxylation is 1. The smallest absolute Gasteiger partial charge is 0.230 e. The van der Waals surface area contributed by atoms with Gasteiger partial charge < -0.3 is 14.8 Å². The minimum atomic E-state index is -0.173. The van der Waals surface area contributed by atoms with Gasteiger partial charge >= 0.3 is 0 Å². The summed E-state index contributed by atoms with van der Waals surface area (Å²) in [6, 6.07) is 9.04. The fourth-order valence-electron chi connectivity index (χ4n) is 2.21. The maximum absolute atomic E-state index is 12.2. The highest BCUT2D eigenvalue weighted by molar-refractivity contribution is 7.08. The van der Waals surface area contributed by atoms with Crippen LogP contribution in [0.3, 0.4) is 0 Å². The van der Waals surface area contributed by atoms with E-state index in [0.29, 0.717) is 23.0 Å². The Hall–Kier alpha value is -2.44. The third-order valence-electron chi connectivity index (χ3n) is 3.38. The van der Waals surface area contributed by atoms with Gasteiger partial charge in [-0.05, 0) is 36.1 Å². The second-order valence-corrected chi connectivity index (χ2v) is 5.90. The van der Waals surface area contributed by atoms with Gasteiger partial charge in [0.15, 0.2) is 0 Å². The fourth-order valence-corrected chi connectivity index (χ4v) is 2.84. The SMILES string of the molecule is Cc1oc(-c2ccsc2)nc1CC(=O)Nc1cccc(CO)c1. The molecular formula is C17H16N2O3S. The zero-order chi connectivity index (χ0) is 16.2. The van der Waals surface area contributed by atoms with Crippen LogP contribution in [0.1, 0.15) is 17.0 Å². The molecule has 0 unspecified atom stereocenters. The van der Waals surface area contributed by atoms with Crippen molar-refractivity contribution in [2.45, 2.75) is 20.0 Å². The first-order valence-corrected chi connectivity index (χ1v) is 8.08. The summed E-state index contributed by atoms with van der Waals surface area (Å²) in [5, 5.41) is 15.8. The van der Waals surface area contributed by atoms with Crippen LogP contribution in [0.25, 0.3) is 11.5 Å². The summed E-state index contributed by atoms with van der Waals surface area (Å²) in [5.41, 5.74) is 2.95. The molecule has 118 valence electrons. The number of carbonyl (C=O) groups is 1. The molecule has 0 saturated carbocycles. The predicted molar refractivity (Wildman–Crippen MR) is 89.3 cm³/mol. The lowest BCUT2D eigenvalue weighted by atomic mass is 10.2. The van der Waals surface area contributed by atoms with Crippen molar-refractivity contribution in [3.63, 3.8) is 0 Å². The number of aromatic nitrogens is 1. The number of hydrogen-bond acceptors (Lipinski definition) is 5. The summed E-state index contributed by atoms with van der Waals surface area (Å²) >= 11 is 1.57. The number of benzene rings is 1. The van der Waals surface area contributed by atoms with Crippen molar-refractivity contribution in [2.24, 2.45) is 0 Å². The molecule has 23 heavy (non-hydrogen) atoms. The average Bonchev–Trinajstić information content (AvgIpc) is 3.18. The molecule has 2 aromatic heterocycles. The standard InChI is InChI=1S/C17H16N2O3S/c1-11-15(19-17(22-11)13-5-6-23-10-13)8-16(21)18-14-4-2-3-12(7-14)9-20/h2-7,10,20H,8-9H2,1H3,(H,18,21). The van der Waals surface area contributed by atoms with Crippen LogP contribution >= 0.6 is 11.3 Å². The van der Waals surface area contributed by atoms with Gasteiger partial charge in [-0.2, -0.15) is 11.3 Å². The van der Waals surface area contributed by atoms with E-state index >= 15 is 0 Å². The van der Waals surface area contributed by atoms with Gasteiger partial charge in [0.2, 0.25) is 11.8 Å². The van der Waals surface area contributed by atoms with Crippen LogP contribution in [0.4, 0.5) is 5.69 Å². The molecule has 6 heteroatoms. The summed E-state index contributed by atoms with van der Waals surface area (Å²) in [7, 11) is 0. The molecule has 1 aromatic carbocycles. The van der Waals surface area contributed by atoms with Crippen molar-refractivity contribution < 1.29 is 14.3 Å². The van der Waals surface area contributed by atoms with E-state index in [4.69, 9.17) is 9.52 Å². The zero-order valence-corrected chi connectivity index (χ0v) is 13.4. The molecule has 3 aromatic rings. The van der Waals surface area contributed by atoms with Gasteiger partial charge in [0.1, 0.15) is 5.76 Å². The number of hydrogen-bond donors (Lipinski definition) is 2. The predicted octanol–water partition coefficient (Wildman–Crippen LogP) is 3.39. The van der Waals surface area contributed by atoms with E-state index in [9.17, 15) is 4.79 Å². The third kappa shape index (κ3) is 3.67. The lowest BCUT2D eigenvalue weighted by Gasteiger charge is -2.05. The van der Waals surface area contributed by atoms with Crippen LogP contribution in [0.2, 0.25) is 0 Å². The first-order chi connectivity index (χ1) is 11.2. The number of aliphatic hydroxyl groups is 1. The Morgan fingerprint density at radius 2 is 2.26 bits per heavy atom. The number of oxazole rings is 1. The Bertz CT molecular complexity index is 809. The van der Waals surface area contributed by atoms with E-state index < -0.39 is 0 Å². The van der Waals surface area contributed by atoms with Crippen LogP contribution in [0.15, 0.2) is 45.5 Å². The van der Waals surface area contributed by atoms with E-state index in [-0.39, 0.29) is 18.9 Å². The first-order valence-electron chi connectivity index (χ1n) is 7.14. The lowest BCUT2D eigenvalue weighted by molar-refractivity contribution is -0.115. The summed E-state index contributed by atoms with van der Waals surface area (Å²) < 4.78 is 5.63. The van der Waals surface area contributed by atoms with Gasteiger partial charge in [0.05, 0.1) is 18.7 Å². The van der Waals surface area contributed by atoms with Crippen LogP contribution < -0.4 is 5.32 Å². The van der Waals surface area contributed by atoms with E-state index in [1.807, 2.05) is 16.8 Å². The second-order valence-electron chi connectivity index (χ2n) is 5.12. The summed E-state index contributed by atoms with van der Waals surface area (Å²) in [4.78, 5) is 16.6. The zero-order valence-electron chi connectivity index (χ0n) is 12.6. The van der Waals surface area contributed by atoms with Crippen molar-refractivity contribution in [3.8, 4) is 11.5 Å². The van der Waals surface area contributed by atoms with Gasteiger partial charge in [-0.3, -0.25) is 4.79 Å². The molecule has 0 radical (unpaired) electrons. The summed E-state index contributed by atoms with van der Waals surface area (Å²) in [5.74, 6) is 1.01. The van der Waals surface area contributed by atoms with Crippen LogP contribution in [0.5, 0.6) is 0 Å². The number of carbonyl (C=O) groups excluding carboxylic acids is 1. The highest BCUT2D eigenvalue weighted by atomic mass is 32.1. The molecule has 3 rings (SSSR count). The molecule has 0 atom stereocenters. The van der Waals surface area contributed by atoms with Gasteiger partial charge in [0, 0.05) is 16.6 Å². The fraction of sp³-hybridized carbons (Fsp3) is 0.176. The molecule has 0 fully saturated rings. The van der Waals surface area contributed by atoms with E-state index in [2.05, 4.69) is 10.3 Å². The van der Waals surface area contributed by atoms with Crippen molar-refractivity contribution in [3.05, 3.63) is 58.1 Å². The molecule has 0 aliphatic heterocycles. The minimum absolute atomic E-state index is 0.0594. The maximum atomic E-state index is 12.2. The molecule has 1 amide bonds. The van der Waals surface area contributed by atoms with E-state index in [1.165, 1.54) is 0 Å². The normalized spacial score (nSPS) is 10.7. The Kier molecular flexibility index (Phi) is 4.55.